The van der Waals surface area contributed by atoms with E-state index < -0.39 is 0 Å². The second-order valence-corrected chi connectivity index (χ2v) is 4.50. The molecule has 0 amide bonds. The van der Waals surface area contributed by atoms with Crippen molar-refractivity contribution < 1.29 is 28.7 Å². The Labute approximate surface area is 143 Å². The van der Waals surface area contributed by atoms with Gasteiger partial charge in [0, 0.05) is 11.1 Å². The topological polar surface area (TPSA) is 44.6 Å². The second-order valence-electron chi connectivity index (χ2n) is 4.50. The van der Waals surface area contributed by atoms with E-state index in [4.69, 9.17) is 4.74 Å². The van der Waals surface area contributed by atoms with Crippen molar-refractivity contribution in [1.82, 2.24) is 0 Å². The zero-order valence-electron chi connectivity index (χ0n) is 13.2. The van der Waals surface area contributed by atoms with E-state index in [1.807, 2.05) is 60.7 Å². The quantitative estimate of drug-likeness (QED) is 0.445. The van der Waals surface area contributed by atoms with E-state index in [0.717, 1.165) is 16.8 Å². The van der Waals surface area contributed by atoms with Gasteiger partial charge in [-0.15, -0.1) is 0 Å². The van der Waals surface area contributed by atoms with Crippen molar-refractivity contribution >= 4 is 5.71 Å². The predicted octanol–water partition coefficient (Wildman–Crippen LogP) is 0.114. The van der Waals surface area contributed by atoms with E-state index in [-0.39, 0.29) is 24.8 Å². The van der Waals surface area contributed by atoms with Crippen molar-refractivity contribution in [2.45, 2.75) is 13.8 Å². The van der Waals surface area contributed by atoms with Crippen molar-refractivity contribution in [3.63, 3.8) is 0 Å². The fraction of sp³-hybridized carbons (Fsp3) is 0.167. The van der Waals surface area contributed by atoms with Gasteiger partial charge in [0.2, 0.25) is 0 Å². The first-order valence-corrected chi connectivity index (χ1v) is 6.92. The fourth-order valence-corrected chi connectivity index (χ4v) is 1.94. The number of allylic oxidation sites excluding steroid dienone is 1. The minimum atomic E-state index is -0.387. The van der Waals surface area contributed by atoms with Gasteiger partial charge < -0.3 is 9.84 Å². The zero-order chi connectivity index (χ0) is 15.1. The zero-order valence-corrected chi connectivity index (χ0v) is 13.2. The Morgan fingerprint density at radius 2 is 1.41 bits per heavy atom. The number of aliphatic imine (C=N–C) groups is 1. The van der Waals surface area contributed by atoms with Gasteiger partial charge >= 0.3 is 18.9 Å². The molecule has 0 heterocycles. The van der Waals surface area contributed by atoms with E-state index in [1.165, 1.54) is 0 Å². The number of benzene rings is 2. The van der Waals surface area contributed by atoms with Crippen LogP contribution < -0.4 is 24.0 Å². The van der Waals surface area contributed by atoms with Crippen LogP contribution in [0, 0.1) is 0 Å². The molecule has 2 aromatic carbocycles. The standard InChI is InChI=1S/C18H19NO2.Li/c1-3-21-18(20)14(2)19-17(15-10-6-4-7-11-15)16-12-8-5-9-13-16;/h4-13,20H,3H2,1-2H3;/q;+1/p-1/b18-14+;. The number of hydrogen-bond donors (Lipinski definition) is 0. The van der Waals surface area contributed by atoms with Crippen molar-refractivity contribution in [1.29, 1.82) is 0 Å². The maximum absolute atomic E-state index is 11.8. The SMILES string of the molecule is CCO/C([O-])=C(\C)N=C(c1ccccc1)c1ccccc1.[Li+]. The molecule has 0 fully saturated rings. The summed E-state index contributed by atoms with van der Waals surface area (Å²) in [6, 6.07) is 19.6. The first kappa shape index (κ1) is 18.1. The molecule has 0 unspecified atom stereocenters. The van der Waals surface area contributed by atoms with E-state index in [9.17, 15) is 5.11 Å². The molecule has 0 saturated heterocycles. The average Bonchev–Trinajstić information content (AvgIpc) is 2.54. The summed E-state index contributed by atoms with van der Waals surface area (Å²) in [7, 11) is 0. The van der Waals surface area contributed by atoms with E-state index in [1.54, 1.807) is 13.8 Å². The molecule has 0 spiro atoms. The second kappa shape index (κ2) is 9.14. The fourth-order valence-electron chi connectivity index (χ4n) is 1.94. The molecule has 0 aliphatic heterocycles. The Bertz CT molecular complexity index is 595. The van der Waals surface area contributed by atoms with Gasteiger partial charge in [-0.3, -0.25) is 4.99 Å². The summed E-state index contributed by atoms with van der Waals surface area (Å²) in [4.78, 5) is 4.49. The number of rotatable bonds is 5. The first-order chi connectivity index (χ1) is 10.2. The summed E-state index contributed by atoms with van der Waals surface area (Å²) < 4.78 is 4.99. The van der Waals surface area contributed by atoms with E-state index in [2.05, 4.69) is 4.99 Å². The molecule has 3 nitrogen and oxygen atoms in total. The van der Waals surface area contributed by atoms with Crippen LogP contribution in [0.25, 0.3) is 0 Å². The van der Waals surface area contributed by atoms with Crippen LogP contribution in [0.3, 0.4) is 0 Å². The summed E-state index contributed by atoms with van der Waals surface area (Å²) in [5.41, 5.74) is 3.04. The molecule has 0 bridgehead atoms. The molecule has 4 heteroatoms. The summed E-state index contributed by atoms with van der Waals surface area (Å²) in [5, 5.41) is 11.8. The third kappa shape index (κ3) is 4.80. The average molecular weight is 287 g/mol. The number of hydrogen-bond acceptors (Lipinski definition) is 3. The molecular formula is C18H18LiNO2. The van der Waals surface area contributed by atoms with Gasteiger partial charge in [-0.1, -0.05) is 67.6 Å². The Morgan fingerprint density at radius 1 is 0.955 bits per heavy atom. The molecule has 2 aromatic rings. The van der Waals surface area contributed by atoms with Crippen LogP contribution >= 0.6 is 0 Å². The summed E-state index contributed by atoms with van der Waals surface area (Å²) in [6.45, 7) is 3.80. The summed E-state index contributed by atoms with van der Waals surface area (Å²) in [5.74, 6) is -0.387. The van der Waals surface area contributed by atoms with Crippen molar-refractivity contribution in [2.24, 2.45) is 4.99 Å². The maximum atomic E-state index is 11.8. The van der Waals surface area contributed by atoms with E-state index in [0.29, 0.717) is 12.3 Å². The van der Waals surface area contributed by atoms with Gasteiger partial charge in [0.15, 0.2) is 0 Å². The van der Waals surface area contributed by atoms with Gasteiger partial charge in [0.25, 0.3) is 0 Å². The molecule has 0 radical (unpaired) electrons. The molecule has 0 aliphatic rings. The van der Waals surface area contributed by atoms with Crippen molar-refractivity contribution in [3.05, 3.63) is 83.4 Å². The predicted molar refractivity (Wildman–Crippen MR) is 82.8 cm³/mol. The first-order valence-electron chi connectivity index (χ1n) is 6.92. The summed E-state index contributed by atoms with van der Waals surface area (Å²) in [6.07, 6.45) is 0. The molecule has 0 N–H and O–H groups in total. The van der Waals surface area contributed by atoms with Gasteiger partial charge in [-0.2, -0.15) is 0 Å². The minimum Gasteiger partial charge on any atom is -0.612 e. The maximum Gasteiger partial charge on any atom is 1.00 e. The molecule has 0 aliphatic carbocycles. The Balaban J connectivity index is 0.00000242. The smallest absolute Gasteiger partial charge is 0.612 e. The van der Waals surface area contributed by atoms with Gasteiger partial charge in [0.1, 0.15) is 0 Å². The van der Waals surface area contributed by atoms with Crippen LogP contribution in [-0.4, -0.2) is 12.3 Å². The molecule has 2 rings (SSSR count). The van der Waals surface area contributed by atoms with Crippen LogP contribution in [0.2, 0.25) is 0 Å². The summed E-state index contributed by atoms with van der Waals surface area (Å²) >= 11 is 0. The Kier molecular flexibility index (Phi) is 7.52. The largest absolute Gasteiger partial charge is 1.00 e. The van der Waals surface area contributed by atoms with Crippen LogP contribution in [0.15, 0.2) is 77.3 Å². The van der Waals surface area contributed by atoms with E-state index >= 15 is 0 Å². The number of ether oxygens (including phenoxy) is 1. The van der Waals surface area contributed by atoms with Crippen molar-refractivity contribution in [3.8, 4) is 0 Å². The monoisotopic (exact) mass is 287 g/mol. The molecule has 108 valence electrons. The van der Waals surface area contributed by atoms with Crippen LogP contribution in [0.5, 0.6) is 0 Å². The van der Waals surface area contributed by atoms with Crippen LogP contribution in [-0.2, 0) is 4.74 Å². The van der Waals surface area contributed by atoms with Crippen LogP contribution in [0.4, 0.5) is 0 Å². The molecule has 22 heavy (non-hydrogen) atoms. The number of nitrogens with zero attached hydrogens (tertiary/aromatic N) is 1. The van der Waals surface area contributed by atoms with Crippen molar-refractivity contribution in [2.75, 3.05) is 6.61 Å². The van der Waals surface area contributed by atoms with Gasteiger partial charge in [-0.05, 0) is 13.5 Å². The Hall–Kier alpha value is -1.95. The third-order valence-corrected chi connectivity index (χ3v) is 2.94. The van der Waals surface area contributed by atoms with Crippen LogP contribution in [0.1, 0.15) is 25.0 Å². The molecule has 0 saturated carbocycles. The molecular weight excluding hydrogens is 269 g/mol. The third-order valence-electron chi connectivity index (χ3n) is 2.94. The normalized spacial score (nSPS) is 11.0. The minimum absolute atomic E-state index is 0. The van der Waals surface area contributed by atoms with Gasteiger partial charge in [0.05, 0.1) is 17.4 Å². The molecule has 0 atom stereocenters. The Morgan fingerprint density at radius 3 is 1.82 bits per heavy atom. The molecule has 0 aromatic heterocycles. The van der Waals surface area contributed by atoms with Gasteiger partial charge in [-0.25, -0.2) is 0 Å².